The Balaban J connectivity index is 1.45. The number of hydrogen-bond acceptors (Lipinski definition) is 5. The minimum atomic E-state index is -0.352. The van der Waals surface area contributed by atoms with Gasteiger partial charge in [-0.2, -0.15) is 0 Å². The van der Waals surface area contributed by atoms with Gasteiger partial charge in [0.2, 0.25) is 11.0 Å². The van der Waals surface area contributed by atoms with Gasteiger partial charge in [-0.1, -0.05) is 52.7 Å². The first kappa shape index (κ1) is 18.9. The minimum absolute atomic E-state index is 0.0489. The van der Waals surface area contributed by atoms with Crippen LogP contribution in [0.3, 0.4) is 0 Å². The van der Waals surface area contributed by atoms with Crippen molar-refractivity contribution < 1.29 is 9.59 Å². The van der Waals surface area contributed by atoms with Crippen LogP contribution in [0.2, 0.25) is 10.0 Å². The van der Waals surface area contributed by atoms with E-state index >= 15 is 0 Å². The first-order chi connectivity index (χ1) is 13.5. The molecule has 1 unspecified atom stereocenters. The van der Waals surface area contributed by atoms with E-state index in [0.717, 1.165) is 10.7 Å². The van der Waals surface area contributed by atoms with E-state index in [1.54, 1.807) is 17.0 Å². The van der Waals surface area contributed by atoms with Crippen molar-refractivity contribution in [3.63, 3.8) is 0 Å². The number of benzene rings is 2. The fourth-order valence-electron chi connectivity index (χ4n) is 2.99. The monoisotopic (exact) mass is 432 g/mol. The molecule has 1 N–H and O–H groups in total. The van der Waals surface area contributed by atoms with Gasteiger partial charge in [0.1, 0.15) is 5.01 Å². The fraction of sp³-hybridized carbons (Fsp3) is 0.158. The summed E-state index contributed by atoms with van der Waals surface area (Å²) in [5.41, 5.74) is 1.24. The molecule has 142 valence electrons. The third kappa shape index (κ3) is 3.87. The fourth-order valence-corrected chi connectivity index (χ4v) is 4.11. The molecule has 4 rings (SSSR count). The average Bonchev–Trinajstić information content (AvgIpc) is 3.31. The number of nitrogens with zero attached hydrogens (tertiary/aromatic N) is 3. The maximum Gasteiger partial charge on any atom is 0.257 e. The van der Waals surface area contributed by atoms with Crippen LogP contribution in [0.5, 0.6) is 0 Å². The highest BCUT2D eigenvalue weighted by molar-refractivity contribution is 7.15. The lowest BCUT2D eigenvalue weighted by Gasteiger charge is -2.15. The van der Waals surface area contributed by atoms with Crippen molar-refractivity contribution in [3.05, 3.63) is 69.1 Å². The summed E-state index contributed by atoms with van der Waals surface area (Å²) in [4.78, 5) is 26.5. The van der Waals surface area contributed by atoms with Crippen molar-refractivity contribution in [2.45, 2.75) is 12.3 Å². The van der Waals surface area contributed by atoms with Crippen molar-refractivity contribution in [2.75, 3.05) is 16.8 Å². The van der Waals surface area contributed by atoms with Crippen LogP contribution in [0.25, 0.3) is 0 Å². The molecule has 3 aromatic rings. The number of amides is 2. The predicted octanol–water partition coefficient (Wildman–Crippen LogP) is 4.62. The zero-order chi connectivity index (χ0) is 19.7. The highest BCUT2D eigenvalue weighted by atomic mass is 35.5. The third-order valence-electron chi connectivity index (χ3n) is 4.39. The van der Waals surface area contributed by atoms with Gasteiger partial charge >= 0.3 is 0 Å². The second-order valence-corrected chi connectivity index (χ2v) is 8.09. The van der Waals surface area contributed by atoms with E-state index in [-0.39, 0.29) is 17.7 Å². The molecule has 1 fully saturated rings. The van der Waals surface area contributed by atoms with Crippen molar-refractivity contribution in [3.8, 4) is 0 Å². The van der Waals surface area contributed by atoms with Gasteiger partial charge in [-0.15, -0.1) is 10.2 Å². The molecule has 2 heterocycles. The number of halogens is 2. The van der Waals surface area contributed by atoms with Crippen LogP contribution < -0.4 is 10.2 Å². The maximum absolute atomic E-state index is 12.4. The molecule has 9 heteroatoms. The summed E-state index contributed by atoms with van der Waals surface area (Å²) in [5.74, 6) is -0.358. The Morgan fingerprint density at radius 3 is 2.64 bits per heavy atom. The van der Waals surface area contributed by atoms with E-state index in [1.165, 1.54) is 17.4 Å². The predicted molar refractivity (Wildman–Crippen MR) is 110 cm³/mol. The smallest absolute Gasteiger partial charge is 0.257 e. The average molecular weight is 433 g/mol. The number of nitrogens with one attached hydrogen (secondary N) is 1. The lowest BCUT2D eigenvalue weighted by atomic mass is 10.1. The molecular weight excluding hydrogens is 419 g/mol. The van der Waals surface area contributed by atoms with E-state index in [0.29, 0.717) is 33.7 Å². The van der Waals surface area contributed by atoms with Crippen molar-refractivity contribution in [1.29, 1.82) is 0 Å². The lowest BCUT2D eigenvalue weighted by Crippen LogP contribution is -2.24. The molecule has 1 aliphatic heterocycles. The van der Waals surface area contributed by atoms with Gasteiger partial charge in [0.05, 0.1) is 10.0 Å². The Labute approximate surface area is 175 Å². The highest BCUT2D eigenvalue weighted by Gasteiger charge is 2.33. The molecule has 1 saturated heterocycles. The van der Waals surface area contributed by atoms with Crippen LogP contribution >= 0.6 is 34.5 Å². The van der Waals surface area contributed by atoms with Crippen LogP contribution in [0.4, 0.5) is 10.8 Å². The first-order valence-electron chi connectivity index (χ1n) is 8.46. The van der Waals surface area contributed by atoms with Crippen LogP contribution in [-0.2, 0) is 4.79 Å². The van der Waals surface area contributed by atoms with Crippen molar-refractivity contribution in [2.24, 2.45) is 0 Å². The Hall–Kier alpha value is -2.48. The van der Waals surface area contributed by atoms with Crippen LogP contribution in [0.15, 0.2) is 48.5 Å². The van der Waals surface area contributed by atoms with E-state index in [4.69, 9.17) is 23.2 Å². The molecule has 0 radical (unpaired) electrons. The van der Waals surface area contributed by atoms with E-state index in [9.17, 15) is 9.59 Å². The molecule has 2 amide bonds. The quantitative estimate of drug-likeness (QED) is 0.652. The second kappa shape index (κ2) is 7.87. The van der Waals surface area contributed by atoms with Gasteiger partial charge in [-0.25, -0.2) is 0 Å². The Bertz CT molecular complexity index is 1040. The molecule has 0 saturated carbocycles. The molecule has 0 aliphatic carbocycles. The van der Waals surface area contributed by atoms with Gasteiger partial charge in [0.15, 0.2) is 0 Å². The standard InChI is InChI=1S/C19H14Cl2N4O2S/c20-14-7-6-11(8-15(14)21)17(27)22-19-24-23-18(28-19)12-9-16(26)25(10-12)13-4-2-1-3-5-13/h1-8,12H,9-10H2,(H,22,24,27). The zero-order valence-corrected chi connectivity index (χ0v) is 16.8. The summed E-state index contributed by atoms with van der Waals surface area (Å²) < 4.78 is 0. The summed E-state index contributed by atoms with van der Waals surface area (Å²) in [5, 5.41) is 12.7. The SMILES string of the molecule is O=C(Nc1nnc(C2CC(=O)N(c3ccccc3)C2)s1)c1ccc(Cl)c(Cl)c1. The molecule has 1 aliphatic rings. The van der Waals surface area contributed by atoms with Crippen LogP contribution in [-0.4, -0.2) is 28.6 Å². The molecular formula is C19H14Cl2N4O2S. The molecule has 6 nitrogen and oxygen atoms in total. The molecule has 2 aromatic carbocycles. The highest BCUT2D eigenvalue weighted by Crippen LogP contribution is 2.34. The van der Waals surface area contributed by atoms with Crippen molar-refractivity contribution >= 4 is 57.2 Å². The Morgan fingerprint density at radius 2 is 1.89 bits per heavy atom. The Kier molecular flexibility index (Phi) is 5.30. The van der Waals surface area contributed by atoms with Gasteiger partial charge < -0.3 is 4.90 Å². The molecule has 0 spiro atoms. The molecule has 1 atom stereocenters. The number of anilines is 2. The van der Waals surface area contributed by atoms with Crippen molar-refractivity contribution in [1.82, 2.24) is 10.2 Å². The summed E-state index contributed by atoms with van der Waals surface area (Å²) >= 11 is 13.1. The van der Waals surface area contributed by atoms with E-state index < -0.39 is 0 Å². The lowest BCUT2D eigenvalue weighted by molar-refractivity contribution is -0.117. The van der Waals surface area contributed by atoms with E-state index in [2.05, 4.69) is 15.5 Å². The number of carbonyl (C=O) groups excluding carboxylic acids is 2. The largest absolute Gasteiger partial charge is 0.312 e. The molecule has 0 bridgehead atoms. The van der Waals surface area contributed by atoms with Gasteiger partial charge in [-0.05, 0) is 30.3 Å². The van der Waals surface area contributed by atoms with Crippen LogP contribution in [0, 0.1) is 0 Å². The number of hydrogen-bond donors (Lipinski definition) is 1. The summed E-state index contributed by atoms with van der Waals surface area (Å²) in [6, 6.07) is 14.2. The van der Waals surface area contributed by atoms with Gasteiger partial charge in [0, 0.05) is 30.1 Å². The van der Waals surface area contributed by atoms with Gasteiger partial charge in [0.25, 0.3) is 5.91 Å². The normalized spacial score (nSPS) is 16.4. The summed E-state index contributed by atoms with van der Waals surface area (Å²) in [6.45, 7) is 0.540. The number of aromatic nitrogens is 2. The molecule has 28 heavy (non-hydrogen) atoms. The third-order valence-corrected chi connectivity index (χ3v) is 6.13. The molecule has 1 aromatic heterocycles. The maximum atomic E-state index is 12.4. The van der Waals surface area contributed by atoms with Crippen LogP contribution in [0.1, 0.15) is 27.7 Å². The first-order valence-corrected chi connectivity index (χ1v) is 10.0. The van der Waals surface area contributed by atoms with E-state index in [1.807, 2.05) is 30.3 Å². The summed E-state index contributed by atoms with van der Waals surface area (Å²) in [6.07, 6.45) is 0.365. The number of carbonyl (C=O) groups is 2. The number of para-hydroxylation sites is 1. The zero-order valence-electron chi connectivity index (χ0n) is 14.4. The Morgan fingerprint density at radius 1 is 1.11 bits per heavy atom. The second-order valence-electron chi connectivity index (χ2n) is 6.27. The summed E-state index contributed by atoms with van der Waals surface area (Å²) in [7, 11) is 0. The minimum Gasteiger partial charge on any atom is -0.312 e. The topological polar surface area (TPSA) is 75.2 Å². The van der Waals surface area contributed by atoms with Gasteiger partial charge in [-0.3, -0.25) is 14.9 Å². The number of rotatable bonds is 4.